The maximum Gasteiger partial charge on any atom is -0.0386 e. The van der Waals surface area contributed by atoms with Crippen molar-refractivity contribution in [3.05, 3.63) is 0 Å². The lowest BCUT2D eigenvalue weighted by Gasteiger charge is -2.38. The minimum Gasteiger partial charge on any atom is -0.0654 e. The highest BCUT2D eigenvalue weighted by atomic mass is 14.4. The molecular weight excluding hydrogens is 240 g/mol. The Morgan fingerprint density at radius 3 is 1.20 bits per heavy atom. The number of unbranched alkanes of at least 4 members (excludes halogenated alkanes) is 2. The molecule has 118 valence electrons. The van der Waals surface area contributed by atoms with Crippen molar-refractivity contribution in [2.24, 2.45) is 23.7 Å². The molecule has 0 spiro atoms. The van der Waals surface area contributed by atoms with Gasteiger partial charge in [0, 0.05) is 0 Å². The second-order valence-corrected chi connectivity index (χ2v) is 7.85. The van der Waals surface area contributed by atoms with Gasteiger partial charge in [-0.15, -0.1) is 0 Å². The Bertz CT molecular complexity index is 202. The number of rotatable bonds is 7. The van der Waals surface area contributed by atoms with Crippen LogP contribution in [0.1, 0.15) is 104 Å². The van der Waals surface area contributed by atoms with Crippen molar-refractivity contribution in [3.63, 3.8) is 0 Å². The molecule has 0 unspecified atom stereocenters. The maximum atomic E-state index is 2.34. The predicted octanol–water partition coefficient (Wildman–Crippen LogP) is 6.98. The molecule has 0 nitrogen and oxygen atoms in total. The predicted molar refractivity (Wildman–Crippen MR) is 89.9 cm³/mol. The van der Waals surface area contributed by atoms with E-state index in [2.05, 4.69) is 13.8 Å². The van der Waals surface area contributed by atoms with Crippen LogP contribution in [0, 0.1) is 23.7 Å². The quantitative estimate of drug-likeness (QED) is 0.471. The van der Waals surface area contributed by atoms with Crippen molar-refractivity contribution in [2.75, 3.05) is 0 Å². The van der Waals surface area contributed by atoms with Gasteiger partial charge in [0.25, 0.3) is 0 Å². The van der Waals surface area contributed by atoms with Crippen molar-refractivity contribution in [3.8, 4) is 0 Å². The van der Waals surface area contributed by atoms with E-state index in [1.807, 2.05) is 0 Å². The summed E-state index contributed by atoms with van der Waals surface area (Å²) < 4.78 is 0. The molecule has 0 atom stereocenters. The van der Waals surface area contributed by atoms with Gasteiger partial charge in [0.05, 0.1) is 0 Å². The van der Waals surface area contributed by atoms with E-state index in [4.69, 9.17) is 0 Å². The molecule has 0 aliphatic heterocycles. The number of hydrogen-bond donors (Lipinski definition) is 0. The Labute approximate surface area is 128 Å². The summed E-state index contributed by atoms with van der Waals surface area (Å²) in [5, 5.41) is 0. The van der Waals surface area contributed by atoms with Crippen LogP contribution in [0.4, 0.5) is 0 Å². The van der Waals surface area contributed by atoms with Crippen LogP contribution in [0.3, 0.4) is 0 Å². The molecule has 0 aromatic carbocycles. The third-order valence-electron chi connectivity index (χ3n) is 6.38. The van der Waals surface area contributed by atoms with E-state index in [1.54, 1.807) is 51.4 Å². The van der Waals surface area contributed by atoms with Gasteiger partial charge in [-0.3, -0.25) is 0 Å². The van der Waals surface area contributed by atoms with Gasteiger partial charge in [0.1, 0.15) is 0 Å². The van der Waals surface area contributed by atoms with Crippen LogP contribution in [0.2, 0.25) is 0 Å². The summed E-state index contributed by atoms with van der Waals surface area (Å²) in [6.07, 6.45) is 21.3. The van der Waals surface area contributed by atoms with Gasteiger partial charge < -0.3 is 0 Å². The summed E-state index contributed by atoms with van der Waals surface area (Å²) in [5.74, 6) is 4.40. The Morgan fingerprint density at radius 2 is 0.900 bits per heavy atom. The topological polar surface area (TPSA) is 0 Å². The van der Waals surface area contributed by atoms with Crippen molar-refractivity contribution in [2.45, 2.75) is 104 Å². The fourth-order valence-corrected chi connectivity index (χ4v) is 4.88. The first-order chi connectivity index (χ1) is 9.83. The van der Waals surface area contributed by atoms with Gasteiger partial charge in [-0.2, -0.15) is 0 Å². The van der Waals surface area contributed by atoms with Crippen molar-refractivity contribution >= 4 is 0 Å². The summed E-state index contributed by atoms with van der Waals surface area (Å²) in [4.78, 5) is 0. The molecule has 0 heterocycles. The summed E-state index contributed by atoms with van der Waals surface area (Å²) in [6, 6.07) is 0. The van der Waals surface area contributed by atoms with Crippen LogP contribution in [0.15, 0.2) is 0 Å². The molecule has 0 radical (unpaired) electrons. The molecule has 20 heavy (non-hydrogen) atoms. The van der Waals surface area contributed by atoms with E-state index < -0.39 is 0 Å². The van der Waals surface area contributed by atoms with Crippen molar-refractivity contribution in [1.29, 1.82) is 0 Å². The zero-order valence-corrected chi connectivity index (χ0v) is 14.2. The van der Waals surface area contributed by atoms with Gasteiger partial charge >= 0.3 is 0 Å². The molecule has 2 aliphatic carbocycles. The lowest BCUT2D eigenvalue weighted by molar-refractivity contribution is 0.140. The molecule has 0 bridgehead atoms. The van der Waals surface area contributed by atoms with E-state index >= 15 is 0 Å². The molecule has 2 aliphatic rings. The summed E-state index contributed by atoms with van der Waals surface area (Å²) >= 11 is 0. The lowest BCUT2D eigenvalue weighted by Crippen LogP contribution is -2.25. The van der Waals surface area contributed by atoms with E-state index in [0.29, 0.717) is 0 Å². The third kappa shape index (κ3) is 5.08. The van der Waals surface area contributed by atoms with Crippen molar-refractivity contribution in [1.82, 2.24) is 0 Å². The zero-order valence-electron chi connectivity index (χ0n) is 14.2. The van der Waals surface area contributed by atoms with Crippen LogP contribution in [-0.2, 0) is 0 Å². The minimum atomic E-state index is 1.09. The molecule has 0 aromatic heterocycles. The minimum absolute atomic E-state index is 1.09. The van der Waals surface area contributed by atoms with Crippen molar-refractivity contribution < 1.29 is 0 Å². The standard InChI is InChI=1S/C20H38/c1-3-5-7-17-9-13-19(14-10-17)20-15-11-18(12-16-20)8-6-4-2/h17-20H,3-16H2,1-2H3. The average Bonchev–Trinajstić information content (AvgIpc) is 2.52. The van der Waals surface area contributed by atoms with Crippen LogP contribution in [0.5, 0.6) is 0 Å². The SMILES string of the molecule is CCCCC1CCC(C2CCC(CCCC)CC2)CC1. The van der Waals surface area contributed by atoms with Crippen LogP contribution in [-0.4, -0.2) is 0 Å². The third-order valence-corrected chi connectivity index (χ3v) is 6.38. The smallest absolute Gasteiger partial charge is 0.0386 e. The Kier molecular flexibility index (Phi) is 7.45. The fraction of sp³-hybridized carbons (Fsp3) is 1.00. The normalized spacial score (nSPS) is 35.1. The summed E-state index contributed by atoms with van der Waals surface area (Å²) in [6.45, 7) is 4.67. The Hall–Kier alpha value is 0. The molecule has 0 aromatic rings. The number of hydrogen-bond acceptors (Lipinski definition) is 0. The highest BCUT2D eigenvalue weighted by Gasteiger charge is 2.30. The lowest BCUT2D eigenvalue weighted by atomic mass is 9.68. The van der Waals surface area contributed by atoms with Crippen LogP contribution in [0.25, 0.3) is 0 Å². The summed E-state index contributed by atoms with van der Waals surface area (Å²) in [5.41, 5.74) is 0. The molecule has 0 N–H and O–H groups in total. The van der Waals surface area contributed by atoms with E-state index in [9.17, 15) is 0 Å². The Morgan fingerprint density at radius 1 is 0.550 bits per heavy atom. The molecule has 2 rings (SSSR count). The second kappa shape index (κ2) is 9.11. The summed E-state index contributed by atoms with van der Waals surface area (Å²) in [7, 11) is 0. The first kappa shape index (κ1) is 16.4. The van der Waals surface area contributed by atoms with Gasteiger partial charge in [-0.1, -0.05) is 78.1 Å². The maximum absolute atomic E-state index is 2.34. The molecule has 0 amide bonds. The largest absolute Gasteiger partial charge is 0.0654 e. The van der Waals surface area contributed by atoms with Crippen LogP contribution >= 0.6 is 0 Å². The van der Waals surface area contributed by atoms with Gasteiger partial charge in [-0.25, -0.2) is 0 Å². The monoisotopic (exact) mass is 278 g/mol. The second-order valence-electron chi connectivity index (χ2n) is 7.85. The molecule has 2 saturated carbocycles. The van der Waals surface area contributed by atoms with Gasteiger partial charge in [0.15, 0.2) is 0 Å². The highest BCUT2D eigenvalue weighted by molar-refractivity contribution is 4.82. The van der Waals surface area contributed by atoms with Gasteiger partial charge in [0.2, 0.25) is 0 Å². The first-order valence-electron chi connectivity index (χ1n) is 9.83. The Balaban J connectivity index is 1.63. The molecule has 0 saturated heterocycles. The first-order valence-corrected chi connectivity index (χ1v) is 9.83. The van der Waals surface area contributed by atoms with Crippen LogP contribution < -0.4 is 0 Å². The highest BCUT2D eigenvalue weighted by Crippen LogP contribution is 2.43. The van der Waals surface area contributed by atoms with E-state index in [-0.39, 0.29) is 0 Å². The zero-order chi connectivity index (χ0) is 14.2. The fourth-order valence-electron chi connectivity index (χ4n) is 4.88. The molecule has 2 fully saturated rings. The van der Waals surface area contributed by atoms with Gasteiger partial charge in [-0.05, 0) is 49.4 Å². The van der Waals surface area contributed by atoms with E-state index in [1.165, 1.54) is 38.5 Å². The molecular formula is C20H38. The van der Waals surface area contributed by atoms with E-state index in [0.717, 1.165) is 23.7 Å². The molecule has 0 heteroatoms. The average molecular weight is 279 g/mol.